The Bertz CT molecular complexity index is 1540. The first kappa shape index (κ1) is 41.1. The Balaban J connectivity index is 1.50. The number of ketones is 1. The molecule has 13 heteroatoms. The van der Waals surface area contributed by atoms with Crippen LogP contribution in [0.5, 0.6) is 0 Å². The van der Waals surface area contributed by atoms with Gasteiger partial charge in [-0.3, -0.25) is 28.9 Å². The number of hydrogen-bond donors (Lipinski definition) is 2. The highest BCUT2D eigenvalue weighted by molar-refractivity contribution is 7.09. The van der Waals surface area contributed by atoms with E-state index in [4.69, 9.17) is 9.47 Å². The van der Waals surface area contributed by atoms with E-state index in [1.807, 2.05) is 52.1 Å². The van der Waals surface area contributed by atoms with Crippen LogP contribution in [-0.4, -0.2) is 101 Å². The number of amides is 2. The van der Waals surface area contributed by atoms with E-state index in [-0.39, 0.29) is 60.6 Å². The second-order valence-electron chi connectivity index (χ2n) is 15.1. The molecule has 2 saturated heterocycles. The Morgan fingerprint density at radius 3 is 2.37 bits per heavy atom. The Kier molecular flexibility index (Phi) is 14.9. The van der Waals surface area contributed by atoms with Gasteiger partial charge in [0.15, 0.2) is 11.9 Å². The van der Waals surface area contributed by atoms with Gasteiger partial charge in [-0.2, -0.15) is 0 Å². The Labute approximate surface area is 311 Å². The Morgan fingerprint density at radius 2 is 1.79 bits per heavy atom. The van der Waals surface area contributed by atoms with Gasteiger partial charge in [-0.05, 0) is 57.7 Å². The zero-order valence-corrected chi connectivity index (χ0v) is 32.4. The molecule has 2 aromatic rings. The molecule has 286 valence electrons. The van der Waals surface area contributed by atoms with Crippen molar-refractivity contribution >= 4 is 40.9 Å². The highest BCUT2D eigenvalue weighted by Crippen LogP contribution is 2.34. The van der Waals surface area contributed by atoms with Gasteiger partial charge in [-0.1, -0.05) is 57.0 Å². The molecular formula is C39H56N4O8S. The van der Waals surface area contributed by atoms with E-state index < -0.39 is 41.8 Å². The molecule has 52 heavy (non-hydrogen) atoms. The van der Waals surface area contributed by atoms with Crippen LogP contribution in [0.15, 0.2) is 29.6 Å². The number of hydrogen-bond acceptors (Lipinski definition) is 10. The zero-order chi connectivity index (χ0) is 38.1. The van der Waals surface area contributed by atoms with Crippen molar-refractivity contribution < 1.29 is 38.6 Å². The standard InChI is InChI=1S/C39H56N4O8S/c1-23(2)33(43(7)38(47)30(28-20-50-21-28)18-34(45)32-10-8-9-15-42(32)6)19-35(51-26(5)44)37-41-31(22-52-37)36(46)40-29(16-25(4)39(48)49)17-27-13-11-24(3)12-14-27/h11-14,22-23,25,28-30,32-33,35H,8-10,15-21H2,1-7H3,(H,40,46)(H,48,49)/t25-,29+,30-,32+,33+,35+/m0/s1. The van der Waals surface area contributed by atoms with E-state index in [2.05, 4.69) is 15.2 Å². The van der Waals surface area contributed by atoms with E-state index in [0.29, 0.717) is 24.6 Å². The monoisotopic (exact) mass is 740 g/mol. The molecule has 2 aliphatic rings. The van der Waals surface area contributed by atoms with Crippen molar-refractivity contribution in [2.75, 3.05) is 33.9 Å². The summed E-state index contributed by atoms with van der Waals surface area (Å²) in [5.74, 6) is -3.22. The number of nitrogens with one attached hydrogen (secondary N) is 1. The fraction of sp³-hybridized carbons (Fsp3) is 0.641. The van der Waals surface area contributed by atoms with Crippen LogP contribution in [0.25, 0.3) is 0 Å². The van der Waals surface area contributed by atoms with Crippen LogP contribution in [0.2, 0.25) is 0 Å². The van der Waals surface area contributed by atoms with Gasteiger partial charge in [-0.25, -0.2) is 4.98 Å². The summed E-state index contributed by atoms with van der Waals surface area (Å²) in [4.78, 5) is 73.7. The van der Waals surface area contributed by atoms with Crippen LogP contribution >= 0.6 is 11.3 Å². The third-order valence-corrected chi connectivity index (χ3v) is 11.5. The lowest BCUT2D eigenvalue weighted by molar-refractivity contribution is -0.153. The molecular weight excluding hydrogens is 685 g/mol. The lowest BCUT2D eigenvalue weighted by atomic mass is 9.82. The van der Waals surface area contributed by atoms with Crippen LogP contribution < -0.4 is 5.32 Å². The van der Waals surface area contributed by atoms with Crippen molar-refractivity contribution in [1.82, 2.24) is 20.1 Å². The number of likely N-dealkylation sites (tertiary alicyclic amines) is 1. The molecule has 0 saturated carbocycles. The van der Waals surface area contributed by atoms with Crippen LogP contribution in [0.1, 0.15) is 98.9 Å². The number of carboxylic acid groups (broad SMARTS) is 1. The maximum atomic E-state index is 14.2. The van der Waals surface area contributed by atoms with Crippen LogP contribution in [0.3, 0.4) is 0 Å². The predicted molar refractivity (Wildman–Crippen MR) is 198 cm³/mol. The molecule has 0 aliphatic carbocycles. The van der Waals surface area contributed by atoms with Crippen LogP contribution in [0, 0.1) is 30.6 Å². The first-order chi connectivity index (χ1) is 24.6. The summed E-state index contributed by atoms with van der Waals surface area (Å²) in [7, 11) is 3.72. The fourth-order valence-corrected chi connectivity index (χ4v) is 8.07. The second kappa shape index (κ2) is 18.9. The average Bonchev–Trinajstić information content (AvgIpc) is 3.56. The van der Waals surface area contributed by atoms with Crippen molar-refractivity contribution in [3.8, 4) is 0 Å². The molecule has 12 nitrogen and oxygen atoms in total. The fourth-order valence-electron chi connectivity index (χ4n) is 7.23. The molecule has 0 bridgehead atoms. The maximum Gasteiger partial charge on any atom is 0.306 e. The average molecular weight is 741 g/mol. The van der Waals surface area contributed by atoms with Crippen LogP contribution in [0.4, 0.5) is 0 Å². The molecule has 6 atom stereocenters. The number of piperidine rings is 1. The van der Waals surface area contributed by atoms with E-state index >= 15 is 0 Å². The normalized spacial score (nSPS) is 19.5. The number of aryl methyl sites for hydroxylation is 1. The molecule has 0 spiro atoms. The van der Waals surface area contributed by atoms with Gasteiger partial charge in [0.2, 0.25) is 5.91 Å². The highest BCUT2D eigenvalue weighted by Gasteiger charge is 2.41. The molecule has 1 aromatic carbocycles. The number of benzene rings is 1. The molecule has 4 rings (SSSR count). The number of rotatable bonds is 18. The topological polar surface area (TPSA) is 155 Å². The molecule has 3 heterocycles. The van der Waals surface area contributed by atoms with Gasteiger partial charge in [-0.15, -0.1) is 11.3 Å². The third kappa shape index (κ3) is 11.2. The number of thiazole rings is 1. The first-order valence-electron chi connectivity index (χ1n) is 18.4. The number of nitrogens with zero attached hydrogens (tertiary/aromatic N) is 3. The van der Waals surface area contributed by atoms with Gasteiger partial charge in [0.05, 0.1) is 31.1 Å². The van der Waals surface area contributed by atoms with Crippen molar-refractivity contribution in [3.63, 3.8) is 0 Å². The molecule has 2 fully saturated rings. The lowest BCUT2D eigenvalue weighted by Gasteiger charge is -2.40. The van der Waals surface area contributed by atoms with Crippen molar-refractivity contribution in [2.45, 2.75) is 104 Å². The highest BCUT2D eigenvalue weighted by atomic mass is 32.1. The number of carboxylic acids is 1. The smallest absolute Gasteiger partial charge is 0.306 e. The molecule has 0 unspecified atom stereocenters. The minimum Gasteiger partial charge on any atom is -0.481 e. The number of likely N-dealkylation sites (N-methyl/N-ethyl adjacent to an activating group) is 1. The van der Waals surface area contributed by atoms with E-state index in [0.717, 1.165) is 36.9 Å². The third-order valence-electron chi connectivity index (χ3n) is 10.5. The molecule has 1 aromatic heterocycles. The van der Waals surface area contributed by atoms with E-state index in [1.54, 1.807) is 24.3 Å². The SMILES string of the molecule is CC(=O)O[C@H](C[C@H](C(C)C)N(C)C(=O)[C@@H](CC(=O)[C@H]1CCCCN1C)C1COC1)c1nc(C(=O)N[C@@H](Cc2ccc(C)cc2)C[C@H](C)C(=O)O)cs1. The number of carbonyl (C=O) groups excluding carboxylic acids is 4. The minimum atomic E-state index is -0.942. The van der Waals surface area contributed by atoms with E-state index in [1.165, 1.54) is 18.3 Å². The lowest BCUT2D eigenvalue weighted by Crippen LogP contribution is -2.51. The van der Waals surface area contributed by atoms with Crippen molar-refractivity contribution in [1.29, 1.82) is 0 Å². The van der Waals surface area contributed by atoms with Crippen molar-refractivity contribution in [3.05, 3.63) is 51.5 Å². The second-order valence-corrected chi connectivity index (χ2v) is 16.0. The Morgan fingerprint density at radius 1 is 1.10 bits per heavy atom. The number of esters is 1. The van der Waals surface area contributed by atoms with Gasteiger partial charge in [0.25, 0.3) is 5.91 Å². The summed E-state index contributed by atoms with van der Waals surface area (Å²) >= 11 is 1.19. The Hall–Kier alpha value is -3.68. The molecule has 2 aliphatic heterocycles. The van der Waals surface area contributed by atoms with Crippen LogP contribution in [-0.2, 0) is 35.1 Å². The summed E-state index contributed by atoms with van der Waals surface area (Å²) in [6.45, 7) is 10.6. The first-order valence-corrected chi connectivity index (χ1v) is 19.3. The zero-order valence-electron chi connectivity index (χ0n) is 31.6. The van der Waals surface area contributed by atoms with Gasteiger partial charge in [0.1, 0.15) is 10.7 Å². The van der Waals surface area contributed by atoms with Gasteiger partial charge >= 0.3 is 11.9 Å². The maximum absolute atomic E-state index is 14.2. The molecule has 0 radical (unpaired) electrons. The van der Waals surface area contributed by atoms with Crippen molar-refractivity contribution in [2.24, 2.45) is 23.7 Å². The number of Topliss-reactive ketones (excluding diaryl/α,β-unsaturated/α-hetero) is 1. The molecule has 2 amide bonds. The number of carbonyl (C=O) groups is 5. The number of aromatic nitrogens is 1. The quantitative estimate of drug-likeness (QED) is 0.198. The van der Waals surface area contributed by atoms with Gasteiger partial charge < -0.3 is 24.8 Å². The largest absolute Gasteiger partial charge is 0.481 e. The van der Waals surface area contributed by atoms with E-state index in [9.17, 15) is 29.1 Å². The minimum absolute atomic E-state index is 0.0352. The molecule has 2 N–H and O–H groups in total. The summed E-state index contributed by atoms with van der Waals surface area (Å²) in [6.07, 6.45) is 3.11. The number of aliphatic carboxylic acids is 1. The number of ether oxygens (including phenoxy) is 2. The summed E-state index contributed by atoms with van der Waals surface area (Å²) in [5, 5.41) is 14.6. The van der Waals surface area contributed by atoms with Gasteiger partial charge in [0, 0.05) is 50.2 Å². The summed E-state index contributed by atoms with van der Waals surface area (Å²) in [6, 6.07) is 6.87. The summed E-state index contributed by atoms with van der Waals surface area (Å²) in [5.41, 5.74) is 2.20. The predicted octanol–water partition coefficient (Wildman–Crippen LogP) is 5.09. The summed E-state index contributed by atoms with van der Waals surface area (Å²) < 4.78 is 11.2.